The first-order valence-electron chi connectivity index (χ1n) is 12.3. The number of aliphatic hydroxyl groups is 2. The maximum atomic E-state index is 12.1. The molecule has 5 aliphatic carbocycles. The van der Waals surface area contributed by atoms with E-state index in [-0.39, 0.29) is 12.0 Å². The first-order valence-corrected chi connectivity index (χ1v) is 12.3. The van der Waals surface area contributed by atoms with Crippen molar-refractivity contribution in [3.63, 3.8) is 0 Å². The third kappa shape index (κ3) is 3.02. The summed E-state index contributed by atoms with van der Waals surface area (Å²) in [5, 5.41) is 21.2. The van der Waals surface area contributed by atoms with Crippen LogP contribution in [0.3, 0.4) is 0 Å². The van der Waals surface area contributed by atoms with E-state index in [9.17, 15) is 15.0 Å². The zero-order valence-electron chi connectivity index (χ0n) is 18.1. The highest BCUT2D eigenvalue weighted by molar-refractivity contribution is 5.93. The van der Waals surface area contributed by atoms with Gasteiger partial charge < -0.3 is 10.2 Å². The molecule has 3 nitrogen and oxygen atoms in total. The lowest BCUT2D eigenvalue weighted by atomic mass is 9.50. The molecule has 3 saturated carbocycles. The predicted octanol–water partition coefficient (Wildman–Crippen LogP) is 5.11. The maximum Gasteiger partial charge on any atom is 0.156 e. The van der Waals surface area contributed by atoms with Crippen molar-refractivity contribution in [3.8, 4) is 0 Å². The van der Waals surface area contributed by atoms with Crippen LogP contribution in [-0.2, 0) is 4.79 Å². The molecule has 0 aromatic carbocycles. The second-order valence-electron chi connectivity index (χ2n) is 11.0. The van der Waals surface area contributed by atoms with Crippen LogP contribution in [0.25, 0.3) is 0 Å². The highest BCUT2D eigenvalue weighted by Crippen LogP contribution is 2.67. The molecule has 0 bridgehead atoms. The van der Waals surface area contributed by atoms with Gasteiger partial charge in [0.1, 0.15) is 0 Å². The normalized spacial score (nSPS) is 42.5. The number of fused-ring (bicyclic) bond motifs is 4. The van der Waals surface area contributed by atoms with Gasteiger partial charge in [-0.15, -0.1) is 0 Å². The molecule has 3 heteroatoms. The van der Waals surface area contributed by atoms with Crippen LogP contribution >= 0.6 is 0 Å². The van der Waals surface area contributed by atoms with E-state index in [0.717, 1.165) is 50.9 Å². The standard InChI is InChI=1S/C26H38O3/c1-25-16-22(17-5-2-3-6-17)24-20-10-8-19(28)15-18(20)7-9-21(24)23(25)11-13-26(25,29)12-4-14-27/h15,17,21-23,27,29H,2-14,16H2,1H3/t21-,22+,23-,25-,26-/m0/s1. The molecule has 0 unspecified atom stereocenters. The molecule has 0 aliphatic heterocycles. The Labute approximate surface area is 175 Å². The smallest absolute Gasteiger partial charge is 0.156 e. The number of aliphatic hydroxyl groups excluding tert-OH is 1. The molecule has 5 rings (SSSR count). The summed E-state index contributed by atoms with van der Waals surface area (Å²) in [4.78, 5) is 12.1. The minimum Gasteiger partial charge on any atom is -0.396 e. The molecule has 160 valence electrons. The van der Waals surface area contributed by atoms with Gasteiger partial charge in [0, 0.05) is 18.4 Å². The molecule has 0 spiro atoms. The van der Waals surface area contributed by atoms with Gasteiger partial charge in [-0.05, 0) is 105 Å². The van der Waals surface area contributed by atoms with E-state index in [4.69, 9.17) is 0 Å². The second kappa shape index (κ2) is 7.34. The van der Waals surface area contributed by atoms with Crippen LogP contribution in [0.15, 0.2) is 22.8 Å². The highest BCUT2D eigenvalue weighted by Gasteiger charge is 2.62. The van der Waals surface area contributed by atoms with E-state index in [1.165, 1.54) is 31.3 Å². The summed E-state index contributed by atoms with van der Waals surface area (Å²) < 4.78 is 0. The molecule has 0 aromatic rings. The lowest BCUT2D eigenvalue weighted by molar-refractivity contribution is -0.115. The molecule has 0 heterocycles. The molecule has 5 atom stereocenters. The van der Waals surface area contributed by atoms with Gasteiger partial charge in [0.15, 0.2) is 5.78 Å². The van der Waals surface area contributed by atoms with Gasteiger partial charge >= 0.3 is 0 Å². The van der Waals surface area contributed by atoms with Crippen molar-refractivity contribution in [1.82, 2.24) is 0 Å². The molecule has 2 N–H and O–H groups in total. The van der Waals surface area contributed by atoms with Crippen molar-refractivity contribution in [2.45, 2.75) is 96.0 Å². The minimum atomic E-state index is -0.619. The van der Waals surface area contributed by atoms with Crippen molar-refractivity contribution in [1.29, 1.82) is 0 Å². The van der Waals surface area contributed by atoms with E-state index in [1.54, 1.807) is 11.1 Å². The van der Waals surface area contributed by atoms with E-state index in [1.807, 2.05) is 6.08 Å². The summed E-state index contributed by atoms with van der Waals surface area (Å²) in [6.45, 7) is 2.57. The van der Waals surface area contributed by atoms with Crippen LogP contribution < -0.4 is 0 Å². The van der Waals surface area contributed by atoms with Crippen LogP contribution in [0.4, 0.5) is 0 Å². The molecule has 0 saturated heterocycles. The van der Waals surface area contributed by atoms with Crippen LogP contribution in [-0.4, -0.2) is 28.2 Å². The summed E-state index contributed by atoms with van der Waals surface area (Å²) >= 11 is 0. The van der Waals surface area contributed by atoms with Crippen molar-refractivity contribution < 1.29 is 15.0 Å². The zero-order valence-corrected chi connectivity index (χ0v) is 18.1. The summed E-state index contributed by atoms with van der Waals surface area (Å²) in [6, 6.07) is 0. The molecule has 0 radical (unpaired) electrons. The Morgan fingerprint density at radius 2 is 1.86 bits per heavy atom. The first kappa shape index (κ1) is 20.0. The SMILES string of the molecule is C[C@]12C[C@H](C3CCCC3)C3=C4CCC(=O)C=C4CC[C@H]3[C@@H]1CC[C@@]2(O)CCCO. The maximum absolute atomic E-state index is 12.1. The molecule has 0 aromatic heterocycles. The number of carbonyl (C=O) groups excluding carboxylic acids is 1. The Morgan fingerprint density at radius 1 is 1.07 bits per heavy atom. The average molecular weight is 399 g/mol. The summed E-state index contributed by atoms with van der Waals surface area (Å²) in [7, 11) is 0. The fourth-order valence-corrected chi connectivity index (χ4v) is 8.38. The molecule has 3 fully saturated rings. The topological polar surface area (TPSA) is 57.5 Å². The molecular weight excluding hydrogens is 360 g/mol. The zero-order chi connectivity index (χ0) is 20.2. The van der Waals surface area contributed by atoms with Gasteiger partial charge in [0.25, 0.3) is 0 Å². The lowest BCUT2D eigenvalue weighted by Crippen LogP contribution is -2.53. The van der Waals surface area contributed by atoms with Crippen LogP contribution in [0.2, 0.25) is 0 Å². The van der Waals surface area contributed by atoms with Gasteiger partial charge in [0.05, 0.1) is 5.60 Å². The summed E-state index contributed by atoms with van der Waals surface area (Å²) in [5.41, 5.74) is 4.00. The van der Waals surface area contributed by atoms with E-state index in [2.05, 4.69) is 6.92 Å². The van der Waals surface area contributed by atoms with Crippen molar-refractivity contribution >= 4 is 5.78 Å². The Morgan fingerprint density at radius 3 is 2.62 bits per heavy atom. The predicted molar refractivity (Wildman–Crippen MR) is 114 cm³/mol. The first-order chi connectivity index (χ1) is 14.0. The molecule has 29 heavy (non-hydrogen) atoms. The number of carbonyl (C=O) groups is 1. The molecular formula is C26H38O3. The second-order valence-corrected chi connectivity index (χ2v) is 11.0. The number of hydrogen-bond donors (Lipinski definition) is 2. The van der Waals surface area contributed by atoms with Crippen LogP contribution in [0, 0.1) is 29.1 Å². The monoisotopic (exact) mass is 398 g/mol. The van der Waals surface area contributed by atoms with Crippen LogP contribution in [0.5, 0.6) is 0 Å². The van der Waals surface area contributed by atoms with Gasteiger partial charge in [-0.3, -0.25) is 4.79 Å². The summed E-state index contributed by atoms with van der Waals surface area (Å²) in [5.74, 6) is 2.83. The van der Waals surface area contributed by atoms with Gasteiger partial charge in [-0.1, -0.05) is 25.3 Å². The Hall–Kier alpha value is -0.930. The van der Waals surface area contributed by atoms with E-state index >= 15 is 0 Å². The van der Waals surface area contributed by atoms with Gasteiger partial charge in [-0.25, -0.2) is 0 Å². The molecule has 5 aliphatic rings. The Kier molecular flexibility index (Phi) is 5.06. The average Bonchev–Trinajstić information content (AvgIpc) is 3.33. The number of hydrogen-bond acceptors (Lipinski definition) is 3. The number of allylic oxidation sites excluding steroid dienone is 4. The number of ketones is 1. The van der Waals surface area contributed by atoms with Gasteiger partial charge in [-0.2, -0.15) is 0 Å². The van der Waals surface area contributed by atoms with Gasteiger partial charge in [0.2, 0.25) is 0 Å². The van der Waals surface area contributed by atoms with Crippen molar-refractivity contribution in [2.24, 2.45) is 29.1 Å². The lowest BCUT2D eigenvalue weighted by Gasteiger charge is -2.56. The fourth-order valence-electron chi connectivity index (χ4n) is 8.38. The molecule has 0 amide bonds. The third-order valence-electron chi connectivity index (χ3n) is 9.81. The fraction of sp³-hybridized carbons (Fsp3) is 0.808. The Bertz CT molecular complexity index is 743. The summed E-state index contributed by atoms with van der Waals surface area (Å²) in [6.07, 6.45) is 15.8. The van der Waals surface area contributed by atoms with E-state index < -0.39 is 5.60 Å². The van der Waals surface area contributed by atoms with E-state index in [0.29, 0.717) is 36.4 Å². The minimum absolute atomic E-state index is 0.0319. The van der Waals surface area contributed by atoms with Crippen LogP contribution in [0.1, 0.15) is 90.4 Å². The largest absolute Gasteiger partial charge is 0.396 e. The number of rotatable bonds is 4. The van der Waals surface area contributed by atoms with Crippen molar-refractivity contribution in [3.05, 3.63) is 22.8 Å². The quantitative estimate of drug-likeness (QED) is 0.692. The third-order valence-corrected chi connectivity index (χ3v) is 9.81. The Balaban J connectivity index is 1.58. The highest BCUT2D eigenvalue weighted by atomic mass is 16.3. The van der Waals surface area contributed by atoms with Crippen molar-refractivity contribution in [2.75, 3.05) is 6.61 Å².